The fourth-order valence-corrected chi connectivity index (χ4v) is 4.27. The van der Waals surface area contributed by atoms with Gasteiger partial charge in [-0.1, -0.05) is 12.1 Å². The minimum absolute atomic E-state index is 0.0410. The van der Waals surface area contributed by atoms with Gasteiger partial charge in [0.2, 0.25) is 5.95 Å². The van der Waals surface area contributed by atoms with Gasteiger partial charge in [-0.05, 0) is 43.7 Å². The van der Waals surface area contributed by atoms with Crippen molar-refractivity contribution in [1.82, 2.24) is 20.2 Å². The summed E-state index contributed by atoms with van der Waals surface area (Å²) in [5.74, 6) is 2.16. The van der Waals surface area contributed by atoms with E-state index in [1.54, 1.807) is 0 Å². The summed E-state index contributed by atoms with van der Waals surface area (Å²) in [5.41, 5.74) is 0.957. The van der Waals surface area contributed by atoms with E-state index in [1.165, 1.54) is 0 Å². The summed E-state index contributed by atoms with van der Waals surface area (Å²) >= 11 is 0. The van der Waals surface area contributed by atoms with Gasteiger partial charge in [0.1, 0.15) is 5.82 Å². The van der Waals surface area contributed by atoms with E-state index >= 15 is 0 Å². The highest BCUT2D eigenvalue weighted by Gasteiger charge is 2.24. The molecule has 1 aromatic carbocycles. The Hall–Kier alpha value is -2.61. The predicted octanol–water partition coefficient (Wildman–Crippen LogP) is 2.71. The summed E-state index contributed by atoms with van der Waals surface area (Å²) in [7, 11) is 4.02. The van der Waals surface area contributed by atoms with E-state index in [0.717, 1.165) is 48.9 Å². The first kappa shape index (κ1) is 20.7. The zero-order chi connectivity index (χ0) is 20.9. The van der Waals surface area contributed by atoms with Crippen molar-refractivity contribution in [2.24, 2.45) is 5.92 Å². The number of aromatic nitrogens is 2. The van der Waals surface area contributed by atoms with E-state index < -0.39 is 0 Å². The average molecular weight is 413 g/mol. The number of morpholine rings is 1. The van der Waals surface area contributed by atoms with Crippen molar-refractivity contribution in [1.29, 1.82) is 0 Å². The van der Waals surface area contributed by atoms with E-state index in [1.807, 2.05) is 42.1 Å². The molecule has 2 N–H and O–H groups in total. The lowest BCUT2D eigenvalue weighted by Gasteiger charge is -2.31. The van der Waals surface area contributed by atoms with Crippen molar-refractivity contribution in [3.8, 4) is 0 Å². The number of rotatable bonds is 5. The van der Waals surface area contributed by atoms with Crippen molar-refractivity contribution in [3.05, 3.63) is 24.3 Å². The molecule has 1 aromatic heterocycles. The molecular weight excluding hydrogens is 380 g/mol. The quantitative estimate of drug-likeness (QED) is 0.786. The Balaban J connectivity index is 1.29. The van der Waals surface area contributed by atoms with Gasteiger partial charge >= 0.3 is 6.03 Å². The van der Waals surface area contributed by atoms with E-state index in [4.69, 9.17) is 14.7 Å². The number of para-hydroxylation sites is 1. The van der Waals surface area contributed by atoms with Gasteiger partial charge in [-0.15, -0.1) is 0 Å². The molecule has 162 valence electrons. The number of nitrogens with one attached hydrogen (secondary N) is 2. The standard InChI is InChI=1S/C22H32N6O2/c1-27(2)20-18-5-3-4-6-19(18)25-21(26-20)24-17-9-7-16(8-10-17)15-23-22(29)28-11-13-30-14-12-28/h3-6,16-17H,7-15H2,1-2H3,(H,23,29)(H,24,25,26)/t16-,17+. The maximum absolute atomic E-state index is 12.3. The minimum atomic E-state index is 0.0410. The van der Waals surface area contributed by atoms with Crippen molar-refractivity contribution in [3.63, 3.8) is 0 Å². The Bertz CT molecular complexity index is 860. The first-order valence-corrected chi connectivity index (χ1v) is 10.9. The molecule has 1 aliphatic heterocycles. The van der Waals surface area contributed by atoms with Crippen molar-refractivity contribution >= 4 is 28.7 Å². The highest BCUT2D eigenvalue weighted by Crippen LogP contribution is 2.28. The monoisotopic (exact) mass is 412 g/mol. The van der Waals surface area contributed by atoms with E-state index in [0.29, 0.717) is 44.2 Å². The van der Waals surface area contributed by atoms with Gasteiger partial charge in [0.15, 0.2) is 0 Å². The fraction of sp³-hybridized carbons (Fsp3) is 0.591. The summed E-state index contributed by atoms with van der Waals surface area (Å²) in [6.45, 7) is 3.39. The molecule has 8 nitrogen and oxygen atoms in total. The van der Waals surface area contributed by atoms with Crippen LogP contribution in [0, 0.1) is 5.92 Å². The zero-order valence-corrected chi connectivity index (χ0v) is 17.9. The Morgan fingerprint density at radius 3 is 2.60 bits per heavy atom. The second-order valence-corrected chi connectivity index (χ2v) is 8.43. The summed E-state index contributed by atoms with van der Waals surface area (Å²) < 4.78 is 5.31. The molecule has 2 aromatic rings. The smallest absolute Gasteiger partial charge is 0.317 e. The number of ether oxygens (including phenoxy) is 1. The second-order valence-electron chi connectivity index (χ2n) is 8.43. The number of nitrogens with zero attached hydrogens (tertiary/aromatic N) is 4. The fourth-order valence-electron chi connectivity index (χ4n) is 4.27. The van der Waals surface area contributed by atoms with Crippen LogP contribution in [0.15, 0.2) is 24.3 Å². The topological polar surface area (TPSA) is 82.6 Å². The van der Waals surface area contributed by atoms with Gasteiger partial charge in [0, 0.05) is 45.2 Å². The third-order valence-corrected chi connectivity index (χ3v) is 6.03. The van der Waals surface area contributed by atoms with Crippen LogP contribution in [0.3, 0.4) is 0 Å². The molecule has 30 heavy (non-hydrogen) atoms. The first-order chi connectivity index (χ1) is 14.6. The number of urea groups is 1. The van der Waals surface area contributed by atoms with Gasteiger partial charge < -0.3 is 25.2 Å². The zero-order valence-electron chi connectivity index (χ0n) is 17.9. The Morgan fingerprint density at radius 2 is 1.87 bits per heavy atom. The predicted molar refractivity (Wildman–Crippen MR) is 119 cm³/mol. The number of fused-ring (bicyclic) bond motifs is 1. The molecule has 0 radical (unpaired) electrons. The number of hydrogen-bond donors (Lipinski definition) is 2. The Kier molecular flexibility index (Phi) is 6.52. The average Bonchev–Trinajstić information content (AvgIpc) is 2.78. The molecule has 0 bridgehead atoms. The van der Waals surface area contributed by atoms with Crippen LogP contribution in [0.1, 0.15) is 25.7 Å². The third kappa shape index (κ3) is 4.92. The maximum Gasteiger partial charge on any atom is 0.317 e. The molecule has 2 heterocycles. The lowest BCUT2D eigenvalue weighted by molar-refractivity contribution is 0.0528. The van der Waals surface area contributed by atoms with Gasteiger partial charge in [-0.2, -0.15) is 4.98 Å². The van der Waals surface area contributed by atoms with Gasteiger partial charge in [0.25, 0.3) is 0 Å². The summed E-state index contributed by atoms with van der Waals surface area (Å²) in [6.07, 6.45) is 4.31. The Labute approximate surface area is 178 Å². The highest BCUT2D eigenvalue weighted by molar-refractivity contribution is 5.90. The highest BCUT2D eigenvalue weighted by atomic mass is 16.5. The molecule has 0 spiro atoms. The summed E-state index contributed by atoms with van der Waals surface area (Å²) in [6, 6.07) is 8.53. The van der Waals surface area contributed by atoms with Crippen molar-refractivity contribution in [2.75, 3.05) is 57.2 Å². The lowest BCUT2D eigenvalue weighted by atomic mass is 9.86. The van der Waals surface area contributed by atoms with Gasteiger partial charge in [-0.25, -0.2) is 9.78 Å². The van der Waals surface area contributed by atoms with E-state index in [2.05, 4.69) is 16.7 Å². The molecule has 0 atom stereocenters. The van der Waals surface area contributed by atoms with Gasteiger partial charge in [0.05, 0.1) is 18.7 Å². The molecule has 1 saturated carbocycles. The molecule has 1 aliphatic carbocycles. The number of anilines is 2. The maximum atomic E-state index is 12.3. The van der Waals surface area contributed by atoms with Crippen LogP contribution in [-0.4, -0.2) is 73.9 Å². The van der Waals surface area contributed by atoms with E-state index in [9.17, 15) is 4.79 Å². The van der Waals surface area contributed by atoms with Crippen molar-refractivity contribution in [2.45, 2.75) is 31.7 Å². The van der Waals surface area contributed by atoms with Gasteiger partial charge in [-0.3, -0.25) is 0 Å². The van der Waals surface area contributed by atoms with Crippen LogP contribution in [0.25, 0.3) is 10.9 Å². The van der Waals surface area contributed by atoms with Crippen LogP contribution >= 0.6 is 0 Å². The third-order valence-electron chi connectivity index (χ3n) is 6.03. The molecule has 2 amide bonds. The number of carbonyl (C=O) groups is 1. The Morgan fingerprint density at radius 1 is 1.13 bits per heavy atom. The molecule has 2 fully saturated rings. The SMILES string of the molecule is CN(C)c1nc(N[C@H]2CC[C@@H](CNC(=O)N3CCOCC3)CC2)nc2ccccc12. The molecule has 2 aliphatic rings. The largest absolute Gasteiger partial charge is 0.378 e. The van der Waals surface area contributed by atoms with E-state index in [-0.39, 0.29) is 6.03 Å². The normalized spacial score (nSPS) is 22.0. The molecule has 0 unspecified atom stereocenters. The number of hydrogen-bond acceptors (Lipinski definition) is 6. The molecule has 4 rings (SSSR count). The number of amides is 2. The van der Waals surface area contributed by atoms with Crippen LogP contribution in [0.2, 0.25) is 0 Å². The first-order valence-electron chi connectivity index (χ1n) is 10.9. The van der Waals surface area contributed by atoms with Crippen molar-refractivity contribution < 1.29 is 9.53 Å². The van der Waals surface area contributed by atoms with Crippen LogP contribution in [0.4, 0.5) is 16.6 Å². The molecular formula is C22H32N6O2. The lowest BCUT2D eigenvalue weighted by Crippen LogP contribution is -2.47. The van der Waals surface area contributed by atoms with Crippen LogP contribution in [0.5, 0.6) is 0 Å². The summed E-state index contributed by atoms with van der Waals surface area (Å²) in [4.78, 5) is 25.6. The second kappa shape index (κ2) is 9.47. The number of benzene rings is 1. The minimum Gasteiger partial charge on any atom is -0.378 e. The molecule has 1 saturated heterocycles. The van der Waals surface area contributed by atoms with Crippen LogP contribution < -0.4 is 15.5 Å². The number of carbonyl (C=O) groups excluding carboxylic acids is 1. The summed E-state index contributed by atoms with van der Waals surface area (Å²) in [5, 5.41) is 7.72. The molecule has 8 heteroatoms. The van der Waals surface area contributed by atoms with Crippen LogP contribution in [-0.2, 0) is 4.74 Å².